The van der Waals surface area contributed by atoms with Gasteiger partial charge < -0.3 is 4.74 Å². The maximum atomic E-state index is 5.80. The second-order valence-electron chi connectivity index (χ2n) is 3.79. The molecule has 0 aromatic heterocycles. The van der Waals surface area contributed by atoms with E-state index < -0.39 is 0 Å². The molecule has 0 spiro atoms. The predicted octanol–water partition coefficient (Wildman–Crippen LogP) is 2.32. The van der Waals surface area contributed by atoms with Crippen LogP contribution in [0.4, 0.5) is 0 Å². The van der Waals surface area contributed by atoms with Crippen molar-refractivity contribution < 1.29 is 4.74 Å². The molecule has 1 aromatic carbocycles. The zero-order chi connectivity index (χ0) is 8.02. The van der Waals surface area contributed by atoms with Crippen molar-refractivity contribution in [3.05, 3.63) is 35.9 Å². The Morgan fingerprint density at radius 3 is 2.67 bits per heavy atom. The van der Waals surface area contributed by atoms with Crippen molar-refractivity contribution in [3.8, 4) is 0 Å². The number of fused-ring (bicyclic) bond motifs is 1. The molecule has 0 N–H and O–H groups in total. The summed E-state index contributed by atoms with van der Waals surface area (Å²) in [5.74, 6) is 0.819. The van der Waals surface area contributed by atoms with E-state index >= 15 is 0 Å². The minimum absolute atomic E-state index is 0.154. The third-order valence-electron chi connectivity index (χ3n) is 3.14. The molecular formula is C11H12O. The Kier molecular flexibility index (Phi) is 1.17. The topological polar surface area (TPSA) is 9.23 Å². The van der Waals surface area contributed by atoms with Crippen LogP contribution in [0.25, 0.3) is 0 Å². The standard InChI is InChI=1S/C11H12O/c1-2-4-9(5-3-1)11-8-10(11)6-7-12-11/h1-5,10H,6-8H2. The van der Waals surface area contributed by atoms with E-state index in [1.807, 2.05) is 0 Å². The molecule has 2 aliphatic rings. The fourth-order valence-corrected chi connectivity index (χ4v) is 2.36. The minimum Gasteiger partial charge on any atom is -0.370 e. The van der Waals surface area contributed by atoms with E-state index in [-0.39, 0.29) is 5.60 Å². The van der Waals surface area contributed by atoms with Gasteiger partial charge in [0.05, 0.1) is 5.60 Å². The first-order valence-corrected chi connectivity index (χ1v) is 4.61. The number of rotatable bonds is 1. The number of benzene rings is 1. The molecule has 2 unspecified atom stereocenters. The highest BCUT2D eigenvalue weighted by Gasteiger charge is 2.59. The Bertz CT molecular complexity index is 293. The van der Waals surface area contributed by atoms with Gasteiger partial charge in [0.1, 0.15) is 0 Å². The lowest BCUT2D eigenvalue weighted by atomic mass is 10.1. The van der Waals surface area contributed by atoms with Crippen LogP contribution in [0, 0.1) is 5.92 Å². The van der Waals surface area contributed by atoms with Gasteiger partial charge >= 0.3 is 0 Å². The fourth-order valence-electron chi connectivity index (χ4n) is 2.36. The van der Waals surface area contributed by atoms with Crippen LogP contribution in [0.3, 0.4) is 0 Å². The molecule has 1 heteroatoms. The third kappa shape index (κ3) is 0.721. The fraction of sp³-hybridized carbons (Fsp3) is 0.455. The molecule has 1 aliphatic heterocycles. The summed E-state index contributed by atoms with van der Waals surface area (Å²) in [5.41, 5.74) is 1.54. The second-order valence-corrected chi connectivity index (χ2v) is 3.79. The molecule has 3 rings (SSSR count). The molecule has 2 fully saturated rings. The zero-order valence-electron chi connectivity index (χ0n) is 6.99. The van der Waals surface area contributed by atoms with Crippen molar-refractivity contribution in [2.24, 2.45) is 5.92 Å². The van der Waals surface area contributed by atoms with Gasteiger partial charge in [-0.2, -0.15) is 0 Å². The molecule has 62 valence electrons. The second kappa shape index (κ2) is 2.11. The highest BCUT2D eigenvalue weighted by atomic mass is 16.5. The SMILES string of the molecule is c1ccc(C23CC2CCO3)cc1. The summed E-state index contributed by atoms with van der Waals surface area (Å²) >= 11 is 0. The van der Waals surface area contributed by atoms with Gasteiger partial charge in [0.25, 0.3) is 0 Å². The van der Waals surface area contributed by atoms with Gasteiger partial charge in [-0.05, 0) is 24.3 Å². The Balaban J connectivity index is 2.00. The molecule has 0 radical (unpaired) electrons. The summed E-state index contributed by atoms with van der Waals surface area (Å²) in [7, 11) is 0. The van der Waals surface area contributed by atoms with Gasteiger partial charge in [0.2, 0.25) is 0 Å². The van der Waals surface area contributed by atoms with E-state index in [0.717, 1.165) is 12.5 Å². The van der Waals surface area contributed by atoms with E-state index in [1.54, 1.807) is 0 Å². The van der Waals surface area contributed by atoms with Crippen LogP contribution < -0.4 is 0 Å². The van der Waals surface area contributed by atoms with Crippen molar-refractivity contribution in [1.82, 2.24) is 0 Å². The van der Waals surface area contributed by atoms with Gasteiger partial charge in [-0.3, -0.25) is 0 Å². The molecular weight excluding hydrogens is 148 g/mol. The van der Waals surface area contributed by atoms with Crippen LogP contribution in [-0.4, -0.2) is 6.61 Å². The molecule has 0 amide bonds. The van der Waals surface area contributed by atoms with Crippen molar-refractivity contribution in [1.29, 1.82) is 0 Å². The normalized spacial score (nSPS) is 37.8. The number of ether oxygens (including phenoxy) is 1. The summed E-state index contributed by atoms with van der Waals surface area (Å²) in [6, 6.07) is 10.6. The maximum Gasteiger partial charge on any atom is 0.0965 e. The summed E-state index contributed by atoms with van der Waals surface area (Å²) in [6.45, 7) is 0.958. The molecule has 12 heavy (non-hydrogen) atoms. The van der Waals surface area contributed by atoms with Crippen molar-refractivity contribution >= 4 is 0 Å². The summed E-state index contributed by atoms with van der Waals surface area (Å²) in [5, 5.41) is 0. The van der Waals surface area contributed by atoms with E-state index in [0.29, 0.717) is 0 Å². The number of hydrogen-bond donors (Lipinski definition) is 0. The summed E-state index contributed by atoms with van der Waals surface area (Å²) in [6.07, 6.45) is 2.51. The molecule has 1 heterocycles. The lowest BCUT2D eigenvalue weighted by Gasteiger charge is -2.12. The van der Waals surface area contributed by atoms with Gasteiger partial charge in [-0.15, -0.1) is 0 Å². The van der Waals surface area contributed by atoms with Crippen LogP contribution >= 0.6 is 0 Å². The highest BCUT2D eigenvalue weighted by Crippen LogP contribution is 2.60. The van der Waals surface area contributed by atoms with Crippen molar-refractivity contribution in [3.63, 3.8) is 0 Å². The Morgan fingerprint density at radius 2 is 2.08 bits per heavy atom. The van der Waals surface area contributed by atoms with Gasteiger partial charge in [0, 0.05) is 6.61 Å². The minimum atomic E-state index is 0.154. The van der Waals surface area contributed by atoms with Gasteiger partial charge in [-0.25, -0.2) is 0 Å². The quantitative estimate of drug-likeness (QED) is 0.612. The highest BCUT2D eigenvalue weighted by molar-refractivity contribution is 5.31. The molecule has 1 aromatic rings. The summed E-state index contributed by atoms with van der Waals surface area (Å²) in [4.78, 5) is 0. The Morgan fingerprint density at radius 1 is 1.25 bits per heavy atom. The van der Waals surface area contributed by atoms with Crippen molar-refractivity contribution in [2.75, 3.05) is 6.61 Å². The lowest BCUT2D eigenvalue weighted by Crippen LogP contribution is -2.08. The van der Waals surface area contributed by atoms with E-state index in [1.165, 1.54) is 18.4 Å². The van der Waals surface area contributed by atoms with Crippen LogP contribution in [0.1, 0.15) is 18.4 Å². The van der Waals surface area contributed by atoms with Crippen LogP contribution in [-0.2, 0) is 10.3 Å². The molecule has 0 bridgehead atoms. The molecule has 1 aliphatic carbocycles. The Labute approximate surface area is 72.4 Å². The molecule has 1 nitrogen and oxygen atoms in total. The average molecular weight is 160 g/mol. The van der Waals surface area contributed by atoms with E-state index in [4.69, 9.17) is 4.74 Å². The number of hydrogen-bond acceptors (Lipinski definition) is 1. The van der Waals surface area contributed by atoms with E-state index in [2.05, 4.69) is 30.3 Å². The lowest BCUT2D eigenvalue weighted by molar-refractivity contribution is 0.0640. The smallest absolute Gasteiger partial charge is 0.0965 e. The zero-order valence-corrected chi connectivity index (χ0v) is 6.99. The first kappa shape index (κ1) is 6.67. The van der Waals surface area contributed by atoms with Crippen LogP contribution in [0.5, 0.6) is 0 Å². The molecule has 1 saturated carbocycles. The van der Waals surface area contributed by atoms with Gasteiger partial charge in [0.15, 0.2) is 0 Å². The van der Waals surface area contributed by atoms with Gasteiger partial charge in [-0.1, -0.05) is 30.3 Å². The largest absolute Gasteiger partial charge is 0.370 e. The first-order valence-electron chi connectivity index (χ1n) is 4.61. The average Bonchev–Trinajstić information content (AvgIpc) is 2.72. The van der Waals surface area contributed by atoms with Crippen LogP contribution in [0.2, 0.25) is 0 Å². The maximum absolute atomic E-state index is 5.80. The predicted molar refractivity (Wildman–Crippen MR) is 46.8 cm³/mol. The van der Waals surface area contributed by atoms with Crippen LogP contribution in [0.15, 0.2) is 30.3 Å². The molecule has 2 atom stereocenters. The van der Waals surface area contributed by atoms with Crippen molar-refractivity contribution in [2.45, 2.75) is 18.4 Å². The summed E-state index contributed by atoms with van der Waals surface area (Å²) < 4.78 is 5.80. The van der Waals surface area contributed by atoms with E-state index in [9.17, 15) is 0 Å². The third-order valence-corrected chi connectivity index (χ3v) is 3.14. The molecule has 1 saturated heterocycles. The first-order chi connectivity index (χ1) is 5.92. The monoisotopic (exact) mass is 160 g/mol. The Hall–Kier alpha value is -0.820.